The summed E-state index contributed by atoms with van der Waals surface area (Å²) in [5, 5.41) is 18.2. The molecule has 0 saturated carbocycles. The summed E-state index contributed by atoms with van der Waals surface area (Å²) < 4.78 is 40.9. The number of halogens is 3. The molecule has 1 atom stereocenters. The van der Waals surface area contributed by atoms with E-state index in [0.717, 1.165) is 0 Å². The lowest BCUT2D eigenvalue weighted by Crippen LogP contribution is -2.30. The Hall–Kier alpha value is -1.43. The quantitative estimate of drug-likeness (QED) is 0.842. The first-order valence-electron chi connectivity index (χ1n) is 4.45. The van der Waals surface area contributed by atoms with Crippen LogP contribution in [0.1, 0.15) is 5.56 Å². The maximum absolute atomic E-state index is 12.1. The lowest BCUT2D eigenvalue weighted by molar-refractivity contribution is -0.203. The number of aromatic hydroxyl groups is 1. The minimum atomic E-state index is -4.69. The molecule has 0 heterocycles. The van der Waals surface area contributed by atoms with Gasteiger partial charge < -0.3 is 14.9 Å². The van der Waals surface area contributed by atoms with Gasteiger partial charge in [0.2, 0.25) is 0 Å². The maximum Gasteiger partial charge on any atom is 0.414 e. The molecule has 1 unspecified atom stereocenters. The summed E-state index contributed by atoms with van der Waals surface area (Å²) in [6.45, 7) is 0. The lowest BCUT2D eigenvalue weighted by atomic mass is 10.1. The third-order valence-corrected chi connectivity index (χ3v) is 2.08. The highest BCUT2D eigenvalue weighted by atomic mass is 19.4. The molecule has 3 nitrogen and oxygen atoms in total. The van der Waals surface area contributed by atoms with Crippen LogP contribution in [0.3, 0.4) is 0 Å². The molecule has 1 aromatic carbocycles. The predicted molar refractivity (Wildman–Crippen MR) is 50.4 cm³/mol. The number of hydrogen-bond acceptors (Lipinski definition) is 3. The monoisotopic (exact) mass is 236 g/mol. The first kappa shape index (κ1) is 12.6. The molecule has 1 aromatic rings. The maximum atomic E-state index is 12.1. The molecule has 0 amide bonds. The molecule has 0 aliphatic carbocycles. The van der Waals surface area contributed by atoms with Crippen molar-refractivity contribution in [2.45, 2.75) is 18.7 Å². The van der Waals surface area contributed by atoms with Gasteiger partial charge in [0.05, 0.1) is 7.11 Å². The van der Waals surface area contributed by atoms with E-state index in [2.05, 4.69) is 0 Å². The van der Waals surface area contributed by atoms with E-state index >= 15 is 0 Å². The zero-order valence-electron chi connectivity index (χ0n) is 8.45. The van der Waals surface area contributed by atoms with Crippen LogP contribution in [-0.4, -0.2) is 29.6 Å². The van der Waals surface area contributed by atoms with E-state index in [1.165, 1.54) is 25.3 Å². The minimum Gasteiger partial charge on any atom is -0.508 e. The lowest BCUT2D eigenvalue weighted by Gasteiger charge is -2.15. The molecule has 0 aliphatic heterocycles. The summed E-state index contributed by atoms with van der Waals surface area (Å²) >= 11 is 0. The van der Waals surface area contributed by atoms with Gasteiger partial charge in [-0.15, -0.1) is 0 Å². The number of alkyl halides is 3. The Morgan fingerprint density at radius 3 is 2.44 bits per heavy atom. The molecule has 0 bridgehead atoms. The van der Waals surface area contributed by atoms with Crippen molar-refractivity contribution in [1.82, 2.24) is 0 Å². The Kier molecular flexibility index (Phi) is 3.64. The van der Waals surface area contributed by atoms with Crippen LogP contribution in [0.15, 0.2) is 18.2 Å². The summed E-state index contributed by atoms with van der Waals surface area (Å²) in [5.41, 5.74) is 0.0191. The van der Waals surface area contributed by atoms with Crippen molar-refractivity contribution in [2.24, 2.45) is 0 Å². The molecule has 6 heteroatoms. The van der Waals surface area contributed by atoms with Crippen molar-refractivity contribution in [3.63, 3.8) is 0 Å². The predicted octanol–water partition coefficient (Wildman–Crippen LogP) is 1.87. The third-order valence-electron chi connectivity index (χ3n) is 2.08. The Balaban J connectivity index is 2.82. The van der Waals surface area contributed by atoms with Crippen molar-refractivity contribution >= 4 is 0 Å². The molecule has 0 aliphatic rings. The van der Waals surface area contributed by atoms with E-state index in [0.29, 0.717) is 5.75 Å². The van der Waals surface area contributed by atoms with Gasteiger partial charge >= 0.3 is 6.18 Å². The van der Waals surface area contributed by atoms with Crippen LogP contribution >= 0.6 is 0 Å². The van der Waals surface area contributed by atoms with Crippen molar-refractivity contribution in [2.75, 3.05) is 7.11 Å². The number of phenols is 1. The van der Waals surface area contributed by atoms with Gasteiger partial charge in [0.25, 0.3) is 0 Å². The Labute approximate surface area is 90.1 Å². The normalized spacial score (nSPS) is 13.6. The Bertz CT molecular complexity index is 363. The second-order valence-corrected chi connectivity index (χ2v) is 3.26. The van der Waals surface area contributed by atoms with Crippen LogP contribution < -0.4 is 4.74 Å². The second kappa shape index (κ2) is 4.61. The smallest absolute Gasteiger partial charge is 0.414 e. The number of ether oxygens (including phenoxy) is 1. The van der Waals surface area contributed by atoms with E-state index in [1.807, 2.05) is 0 Å². The molecule has 2 N–H and O–H groups in total. The molecule has 0 saturated heterocycles. The largest absolute Gasteiger partial charge is 0.508 e. The Morgan fingerprint density at radius 2 is 2.00 bits per heavy atom. The van der Waals surface area contributed by atoms with Gasteiger partial charge in [-0.2, -0.15) is 13.2 Å². The van der Waals surface area contributed by atoms with Crippen LogP contribution in [0.25, 0.3) is 0 Å². The molecule has 1 rings (SSSR count). The molecule has 0 aromatic heterocycles. The SMILES string of the molecule is COc1ccc(CC(O)C(F)(F)F)c(O)c1. The standard InChI is InChI=1S/C10H11F3O3/c1-16-7-3-2-6(8(14)5-7)4-9(15)10(11,12)13/h2-3,5,9,14-15H,4H2,1H3. The average Bonchev–Trinajstić information content (AvgIpc) is 2.19. The van der Waals surface area contributed by atoms with Crippen molar-refractivity contribution < 1.29 is 28.1 Å². The summed E-state index contributed by atoms with van der Waals surface area (Å²) in [4.78, 5) is 0. The van der Waals surface area contributed by atoms with Crippen LogP contribution in [-0.2, 0) is 6.42 Å². The van der Waals surface area contributed by atoms with Gasteiger partial charge in [-0.3, -0.25) is 0 Å². The van der Waals surface area contributed by atoms with E-state index < -0.39 is 18.7 Å². The molecule has 16 heavy (non-hydrogen) atoms. The molecule has 0 spiro atoms. The van der Waals surface area contributed by atoms with Crippen LogP contribution in [0.4, 0.5) is 13.2 Å². The van der Waals surface area contributed by atoms with E-state index in [9.17, 15) is 18.3 Å². The van der Waals surface area contributed by atoms with Crippen molar-refractivity contribution in [3.8, 4) is 11.5 Å². The fourth-order valence-corrected chi connectivity index (χ4v) is 1.17. The number of phenolic OH excluding ortho intramolecular Hbond substituents is 1. The van der Waals surface area contributed by atoms with Gasteiger partial charge in [0.15, 0.2) is 6.10 Å². The summed E-state index contributed by atoms with van der Waals surface area (Å²) in [5.74, 6) is 0.00500. The first-order valence-corrected chi connectivity index (χ1v) is 4.45. The summed E-state index contributed by atoms with van der Waals surface area (Å²) in [7, 11) is 1.37. The number of hydrogen-bond donors (Lipinski definition) is 2. The van der Waals surface area contributed by atoms with Crippen LogP contribution in [0.2, 0.25) is 0 Å². The number of aliphatic hydroxyl groups is 1. The number of aliphatic hydroxyl groups excluding tert-OH is 1. The number of rotatable bonds is 3. The molecular formula is C10H11F3O3. The van der Waals surface area contributed by atoms with Crippen molar-refractivity contribution in [3.05, 3.63) is 23.8 Å². The molecule has 0 fully saturated rings. The number of methoxy groups -OCH3 is 1. The fraction of sp³-hybridized carbons (Fsp3) is 0.400. The minimum absolute atomic E-state index is 0.0191. The van der Waals surface area contributed by atoms with Gasteiger partial charge in [0.1, 0.15) is 11.5 Å². The van der Waals surface area contributed by atoms with E-state index in [4.69, 9.17) is 9.84 Å². The first-order chi connectivity index (χ1) is 7.34. The van der Waals surface area contributed by atoms with E-state index in [1.54, 1.807) is 0 Å². The summed E-state index contributed by atoms with van der Waals surface area (Å²) in [6.07, 6.45) is -7.85. The van der Waals surface area contributed by atoms with Gasteiger partial charge in [-0.1, -0.05) is 6.07 Å². The van der Waals surface area contributed by atoms with Gasteiger partial charge in [0, 0.05) is 12.5 Å². The summed E-state index contributed by atoms with van der Waals surface area (Å²) in [6, 6.07) is 3.89. The highest BCUT2D eigenvalue weighted by Crippen LogP contribution is 2.28. The van der Waals surface area contributed by atoms with Gasteiger partial charge in [-0.25, -0.2) is 0 Å². The van der Waals surface area contributed by atoms with Crippen molar-refractivity contribution in [1.29, 1.82) is 0 Å². The average molecular weight is 236 g/mol. The fourth-order valence-electron chi connectivity index (χ4n) is 1.17. The van der Waals surface area contributed by atoms with Gasteiger partial charge in [-0.05, 0) is 11.6 Å². The third kappa shape index (κ3) is 3.03. The van der Waals surface area contributed by atoms with E-state index in [-0.39, 0.29) is 11.3 Å². The van der Waals surface area contributed by atoms with Crippen LogP contribution in [0.5, 0.6) is 11.5 Å². The topological polar surface area (TPSA) is 49.7 Å². The molecule has 0 radical (unpaired) electrons. The highest BCUT2D eigenvalue weighted by Gasteiger charge is 2.38. The zero-order valence-corrected chi connectivity index (χ0v) is 8.45. The number of benzene rings is 1. The van der Waals surface area contributed by atoms with Crippen LogP contribution in [0, 0.1) is 0 Å². The zero-order chi connectivity index (χ0) is 12.3. The molecular weight excluding hydrogens is 225 g/mol. The Morgan fingerprint density at radius 1 is 1.38 bits per heavy atom. The molecule has 90 valence electrons. The highest BCUT2D eigenvalue weighted by molar-refractivity contribution is 5.40. The second-order valence-electron chi connectivity index (χ2n) is 3.26.